The van der Waals surface area contributed by atoms with Crippen molar-refractivity contribution in [1.82, 2.24) is 0 Å². The van der Waals surface area contributed by atoms with Crippen molar-refractivity contribution in [2.45, 2.75) is 25.9 Å². The summed E-state index contributed by atoms with van der Waals surface area (Å²) in [5.41, 5.74) is 0. The summed E-state index contributed by atoms with van der Waals surface area (Å²) >= 11 is 0. The van der Waals surface area contributed by atoms with Crippen LogP contribution >= 0.6 is 0 Å². The van der Waals surface area contributed by atoms with E-state index in [1.54, 1.807) is 6.92 Å². The molecule has 0 amide bonds. The lowest BCUT2D eigenvalue weighted by Crippen LogP contribution is -2.14. The lowest BCUT2D eigenvalue weighted by Gasteiger charge is -2.00. The molecular formula is C6H10O2. The third-order valence-electron chi connectivity index (χ3n) is 1.38. The fourth-order valence-corrected chi connectivity index (χ4v) is 0.898. The Labute approximate surface area is 48.8 Å². The maximum absolute atomic E-state index is 10.5. The highest BCUT2D eigenvalue weighted by Gasteiger charge is 2.18. The van der Waals surface area contributed by atoms with Crippen molar-refractivity contribution in [1.29, 1.82) is 0 Å². The zero-order valence-corrected chi connectivity index (χ0v) is 5.02. The summed E-state index contributed by atoms with van der Waals surface area (Å²) in [5, 5.41) is 0. The summed E-state index contributed by atoms with van der Waals surface area (Å²) in [4.78, 5) is 10.5. The quantitative estimate of drug-likeness (QED) is 0.503. The fraction of sp³-hybridized carbons (Fsp3) is 0.833. The summed E-state index contributed by atoms with van der Waals surface area (Å²) in [5.74, 6) is 0.169. The van der Waals surface area contributed by atoms with Crippen molar-refractivity contribution >= 4 is 5.78 Å². The Kier molecular flexibility index (Phi) is 1.63. The van der Waals surface area contributed by atoms with Gasteiger partial charge in [0.25, 0.3) is 0 Å². The van der Waals surface area contributed by atoms with Crippen molar-refractivity contribution < 1.29 is 9.53 Å². The molecule has 0 aromatic rings. The normalized spacial score (nSPS) is 28.4. The van der Waals surface area contributed by atoms with Gasteiger partial charge in [0.05, 0.1) is 0 Å². The minimum absolute atomic E-state index is 0.0741. The Morgan fingerprint density at radius 2 is 2.50 bits per heavy atom. The van der Waals surface area contributed by atoms with Gasteiger partial charge in [-0.1, -0.05) is 0 Å². The number of hydrogen-bond donors (Lipinski definition) is 0. The standard InChI is InChI=1S/C6H10O2/c1-5(7)6-3-2-4-8-6/h6H,2-4H2,1H3. The fourth-order valence-electron chi connectivity index (χ4n) is 0.898. The van der Waals surface area contributed by atoms with Gasteiger partial charge >= 0.3 is 0 Å². The minimum Gasteiger partial charge on any atom is -0.370 e. The predicted molar refractivity (Wildman–Crippen MR) is 29.7 cm³/mol. The SMILES string of the molecule is CC(=O)C1CCCO1. The first-order valence-corrected chi connectivity index (χ1v) is 2.93. The van der Waals surface area contributed by atoms with E-state index >= 15 is 0 Å². The molecule has 0 radical (unpaired) electrons. The van der Waals surface area contributed by atoms with Crippen LogP contribution in [0.15, 0.2) is 0 Å². The average molecular weight is 114 g/mol. The molecule has 1 heterocycles. The third-order valence-corrected chi connectivity index (χ3v) is 1.38. The van der Waals surface area contributed by atoms with E-state index in [9.17, 15) is 4.79 Å². The highest BCUT2D eigenvalue weighted by Crippen LogP contribution is 2.11. The van der Waals surface area contributed by atoms with E-state index in [-0.39, 0.29) is 11.9 Å². The van der Waals surface area contributed by atoms with E-state index in [4.69, 9.17) is 4.74 Å². The van der Waals surface area contributed by atoms with Crippen LogP contribution in [0, 0.1) is 0 Å². The van der Waals surface area contributed by atoms with Crippen LogP contribution in [-0.4, -0.2) is 18.5 Å². The Morgan fingerprint density at radius 3 is 2.75 bits per heavy atom. The molecule has 46 valence electrons. The number of Topliss-reactive ketones (excluding diaryl/α,β-unsaturated/α-hetero) is 1. The van der Waals surface area contributed by atoms with E-state index < -0.39 is 0 Å². The van der Waals surface area contributed by atoms with Crippen LogP contribution in [0.5, 0.6) is 0 Å². The van der Waals surface area contributed by atoms with Gasteiger partial charge in [-0.2, -0.15) is 0 Å². The van der Waals surface area contributed by atoms with E-state index in [1.165, 1.54) is 0 Å². The Hall–Kier alpha value is -0.370. The number of rotatable bonds is 1. The summed E-state index contributed by atoms with van der Waals surface area (Å²) in [6.45, 7) is 2.35. The molecule has 2 heteroatoms. The molecule has 0 N–H and O–H groups in total. The van der Waals surface area contributed by atoms with Gasteiger partial charge in [-0.25, -0.2) is 0 Å². The van der Waals surface area contributed by atoms with Gasteiger partial charge in [-0.3, -0.25) is 4.79 Å². The Bertz CT molecular complexity index is 92.7. The molecule has 1 saturated heterocycles. The Morgan fingerprint density at radius 1 is 1.75 bits per heavy atom. The second-order valence-electron chi connectivity index (χ2n) is 2.11. The molecule has 1 unspecified atom stereocenters. The van der Waals surface area contributed by atoms with E-state index in [0.717, 1.165) is 19.4 Å². The number of ether oxygens (including phenoxy) is 1. The molecule has 1 atom stereocenters. The molecular weight excluding hydrogens is 104 g/mol. The minimum atomic E-state index is -0.0741. The molecule has 0 aliphatic carbocycles. The summed E-state index contributed by atoms with van der Waals surface area (Å²) < 4.78 is 5.06. The molecule has 0 saturated carbocycles. The first-order valence-electron chi connectivity index (χ1n) is 2.93. The van der Waals surface area contributed by atoms with Crippen molar-refractivity contribution in [3.63, 3.8) is 0 Å². The van der Waals surface area contributed by atoms with Gasteiger partial charge in [-0.15, -0.1) is 0 Å². The average Bonchev–Trinajstić information content (AvgIpc) is 2.12. The second kappa shape index (κ2) is 2.27. The van der Waals surface area contributed by atoms with Gasteiger partial charge in [0.2, 0.25) is 0 Å². The lowest BCUT2D eigenvalue weighted by atomic mass is 10.2. The van der Waals surface area contributed by atoms with Gasteiger partial charge in [-0.05, 0) is 19.8 Å². The Balaban J connectivity index is 2.35. The van der Waals surface area contributed by atoms with E-state index in [2.05, 4.69) is 0 Å². The zero-order chi connectivity index (χ0) is 5.98. The number of ketones is 1. The van der Waals surface area contributed by atoms with Crippen LogP contribution in [-0.2, 0) is 9.53 Å². The summed E-state index contributed by atoms with van der Waals surface area (Å²) in [6.07, 6.45) is 1.90. The van der Waals surface area contributed by atoms with Crippen LogP contribution in [0.1, 0.15) is 19.8 Å². The highest BCUT2D eigenvalue weighted by atomic mass is 16.5. The van der Waals surface area contributed by atoms with Crippen LogP contribution < -0.4 is 0 Å². The maximum Gasteiger partial charge on any atom is 0.158 e. The molecule has 0 aromatic heterocycles. The summed E-state index contributed by atoms with van der Waals surface area (Å²) in [6, 6.07) is 0. The predicted octanol–water partition coefficient (Wildman–Crippen LogP) is 0.754. The molecule has 1 rings (SSSR count). The number of carbonyl (C=O) groups excluding carboxylic acids is 1. The van der Waals surface area contributed by atoms with Crippen molar-refractivity contribution in [3.8, 4) is 0 Å². The van der Waals surface area contributed by atoms with Crippen LogP contribution in [0.3, 0.4) is 0 Å². The molecule has 1 fully saturated rings. The summed E-state index contributed by atoms with van der Waals surface area (Å²) in [7, 11) is 0. The molecule has 0 aromatic carbocycles. The molecule has 8 heavy (non-hydrogen) atoms. The van der Waals surface area contributed by atoms with Gasteiger partial charge < -0.3 is 4.74 Å². The molecule has 1 aliphatic heterocycles. The molecule has 0 spiro atoms. The van der Waals surface area contributed by atoms with Crippen LogP contribution in [0.25, 0.3) is 0 Å². The molecule has 1 aliphatic rings. The molecule has 0 bridgehead atoms. The van der Waals surface area contributed by atoms with Crippen molar-refractivity contribution in [2.75, 3.05) is 6.61 Å². The first kappa shape index (κ1) is 5.76. The van der Waals surface area contributed by atoms with Crippen molar-refractivity contribution in [2.24, 2.45) is 0 Å². The van der Waals surface area contributed by atoms with Crippen LogP contribution in [0.4, 0.5) is 0 Å². The molecule has 2 nitrogen and oxygen atoms in total. The smallest absolute Gasteiger partial charge is 0.158 e. The van der Waals surface area contributed by atoms with E-state index in [1.807, 2.05) is 0 Å². The van der Waals surface area contributed by atoms with Gasteiger partial charge in [0.1, 0.15) is 6.10 Å². The second-order valence-corrected chi connectivity index (χ2v) is 2.11. The monoisotopic (exact) mass is 114 g/mol. The largest absolute Gasteiger partial charge is 0.370 e. The zero-order valence-electron chi connectivity index (χ0n) is 5.02. The van der Waals surface area contributed by atoms with Crippen molar-refractivity contribution in [3.05, 3.63) is 0 Å². The lowest BCUT2D eigenvalue weighted by molar-refractivity contribution is -0.125. The maximum atomic E-state index is 10.5. The van der Waals surface area contributed by atoms with E-state index in [0.29, 0.717) is 0 Å². The third kappa shape index (κ3) is 1.07. The van der Waals surface area contributed by atoms with Crippen LogP contribution in [0.2, 0.25) is 0 Å². The number of carbonyl (C=O) groups is 1. The topological polar surface area (TPSA) is 26.3 Å². The van der Waals surface area contributed by atoms with Gasteiger partial charge in [0.15, 0.2) is 5.78 Å². The highest BCUT2D eigenvalue weighted by molar-refractivity contribution is 5.80. The first-order chi connectivity index (χ1) is 3.80. The van der Waals surface area contributed by atoms with Gasteiger partial charge in [0, 0.05) is 6.61 Å². The number of hydrogen-bond acceptors (Lipinski definition) is 2.